The highest BCUT2D eigenvalue weighted by Gasteiger charge is 2.28. The van der Waals surface area contributed by atoms with Crippen LogP contribution in [-0.2, 0) is 4.79 Å². The lowest BCUT2D eigenvalue weighted by Crippen LogP contribution is -2.30. The second-order valence-corrected chi connectivity index (χ2v) is 5.69. The molecule has 1 saturated heterocycles. The van der Waals surface area contributed by atoms with E-state index in [1.165, 1.54) is 0 Å². The summed E-state index contributed by atoms with van der Waals surface area (Å²) in [5, 5.41) is 4.01. The van der Waals surface area contributed by atoms with Crippen molar-refractivity contribution in [2.45, 2.75) is 6.92 Å². The van der Waals surface area contributed by atoms with Crippen LogP contribution in [0.25, 0.3) is 11.1 Å². The van der Waals surface area contributed by atoms with Gasteiger partial charge < -0.3 is 5.32 Å². The summed E-state index contributed by atoms with van der Waals surface area (Å²) in [4.78, 5) is 13.6. The highest BCUT2D eigenvalue weighted by atomic mass is 35.5. The minimum absolute atomic E-state index is 0.0490. The molecule has 0 spiro atoms. The Balaban J connectivity index is 2.18. The number of hydrogen-bond acceptors (Lipinski definition) is 2. The zero-order valence-corrected chi connectivity index (χ0v) is 13.0. The fourth-order valence-electron chi connectivity index (χ4n) is 2.45. The molecule has 2 aromatic carbocycles. The van der Waals surface area contributed by atoms with Gasteiger partial charge in [0, 0.05) is 10.6 Å². The molecule has 0 radical (unpaired) electrons. The summed E-state index contributed by atoms with van der Waals surface area (Å²) in [6.45, 7) is 2.26. The highest BCUT2D eigenvalue weighted by molar-refractivity contribution is 7.80. The number of rotatable bonds is 2. The first kappa shape index (κ1) is 14.0. The molecule has 0 aliphatic carbocycles. The Bertz CT molecular complexity index is 729. The molecule has 3 nitrogen and oxygen atoms in total. The van der Waals surface area contributed by atoms with E-state index >= 15 is 0 Å². The number of para-hydroxylation sites is 1. The molecule has 21 heavy (non-hydrogen) atoms. The van der Waals surface area contributed by atoms with Gasteiger partial charge in [0.25, 0.3) is 5.91 Å². The van der Waals surface area contributed by atoms with Crippen LogP contribution in [0.15, 0.2) is 42.5 Å². The second-order valence-electron chi connectivity index (χ2n) is 4.86. The Hall–Kier alpha value is -1.91. The Morgan fingerprint density at radius 2 is 1.95 bits per heavy atom. The number of nitrogens with one attached hydrogen (secondary N) is 1. The summed E-state index contributed by atoms with van der Waals surface area (Å²) >= 11 is 11.4. The number of nitrogens with zero attached hydrogens (tertiary/aromatic N) is 1. The fraction of sp³-hybridized carbons (Fsp3) is 0.125. The molecule has 3 rings (SSSR count). The van der Waals surface area contributed by atoms with Crippen molar-refractivity contribution in [3.63, 3.8) is 0 Å². The highest BCUT2D eigenvalue weighted by Crippen LogP contribution is 2.35. The Morgan fingerprint density at radius 1 is 1.19 bits per heavy atom. The van der Waals surface area contributed by atoms with E-state index < -0.39 is 0 Å². The minimum Gasteiger partial charge on any atom is -0.353 e. The van der Waals surface area contributed by atoms with Crippen molar-refractivity contribution in [1.82, 2.24) is 5.32 Å². The van der Waals surface area contributed by atoms with Crippen LogP contribution in [0.5, 0.6) is 0 Å². The average Bonchev–Trinajstić information content (AvgIpc) is 2.81. The molecule has 0 saturated carbocycles. The SMILES string of the molecule is Cc1ccc(Cl)cc1-c1ccccc1N1C(=O)CNC1=S. The number of carbonyl (C=O) groups is 1. The first-order chi connectivity index (χ1) is 10.1. The van der Waals surface area contributed by atoms with Gasteiger partial charge in [0.1, 0.15) is 0 Å². The zero-order chi connectivity index (χ0) is 15.0. The molecule has 2 aromatic rings. The maximum absolute atomic E-state index is 12.1. The molecule has 1 N–H and O–H groups in total. The summed E-state index contributed by atoms with van der Waals surface area (Å²) in [6, 6.07) is 13.4. The lowest BCUT2D eigenvalue weighted by molar-refractivity contribution is -0.115. The fourth-order valence-corrected chi connectivity index (χ4v) is 2.89. The molecule has 0 aromatic heterocycles. The van der Waals surface area contributed by atoms with Crippen LogP contribution in [0.3, 0.4) is 0 Å². The van der Waals surface area contributed by atoms with Gasteiger partial charge in [-0.15, -0.1) is 0 Å². The standard InChI is InChI=1S/C16H13ClN2OS/c1-10-6-7-11(17)8-13(10)12-4-2-3-5-14(12)19-15(20)9-18-16(19)21/h2-8H,9H2,1H3,(H,18,21). The third-order valence-corrected chi connectivity index (χ3v) is 4.04. The summed E-state index contributed by atoms with van der Waals surface area (Å²) in [5.74, 6) is -0.0490. The van der Waals surface area contributed by atoms with Crippen molar-refractivity contribution < 1.29 is 4.79 Å². The number of aryl methyl sites for hydroxylation is 1. The first-order valence-electron chi connectivity index (χ1n) is 6.54. The summed E-state index contributed by atoms with van der Waals surface area (Å²) in [7, 11) is 0. The van der Waals surface area contributed by atoms with Crippen LogP contribution in [0.2, 0.25) is 5.02 Å². The van der Waals surface area contributed by atoms with Crippen LogP contribution in [-0.4, -0.2) is 17.6 Å². The number of hydrogen-bond donors (Lipinski definition) is 1. The number of carbonyl (C=O) groups excluding carboxylic acids is 1. The maximum atomic E-state index is 12.1. The zero-order valence-electron chi connectivity index (χ0n) is 11.4. The second kappa shape index (κ2) is 5.47. The molecule has 106 valence electrons. The molecule has 1 amide bonds. The molecular weight excluding hydrogens is 304 g/mol. The smallest absolute Gasteiger partial charge is 0.252 e. The van der Waals surface area contributed by atoms with Gasteiger partial charge >= 0.3 is 0 Å². The molecule has 0 unspecified atom stereocenters. The van der Waals surface area contributed by atoms with E-state index in [1.807, 2.05) is 49.4 Å². The molecule has 5 heteroatoms. The van der Waals surface area contributed by atoms with Gasteiger partial charge in [0.2, 0.25) is 0 Å². The molecule has 1 aliphatic rings. The predicted molar refractivity (Wildman–Crippen MR) is 89.7 cm³/mol. The Morgan fingerprint density at radius 3 is 2.67 bits per heavy atom. The van der Waals surface area contributed by atoms with Crippen molar-refractivity contribution >= 4 is 40.5 Å². The van der Waals surface area contributed by atoms with Crippen molar-refractivity contribution in [2.24, 2.45) is 0 Å². The Kier molecular flexibility index (Phi) is 3.66. The monoisotopic (exact) mass is 316 g/mol. The quantitative estimate of drug-likeness (QED) is 0.860. The van der Waals surface area contributed by atoms with Crippen LogP contribution in [0.4, 0.5) is 5.69 Å². The van der Waals surface area contributed by atoms with Crippen LogP contribution in [0.1, 0.15) is 5.56 Å². The largest absolute Gasteiger partial charge is 0.353 e. The lowest BCUT2D eigenvalue weighted by Gasteiger charge is -2.20. The van der Waals surface area contributed by atoms with Crippen molar-refractivity contribution in [3.05, 3.63) is 53.1 Å². The number of thiocarbonyl (C=S) groups is 1. The van der Waals surface area contributed by atoms with E-state index in [0.717, 1.165) is 22.4 Å². The Labute approximate surface area is 133 Å². The van der Waals surface area contributed by atoms with E-state index in [9.17, 15) is 4.79 Å². The van der Waals surface area contributed by atoms with Gasteiger partial charge in [-0.1, -0.05) is 35.9 Å². The van der Waals surface area contributed by atoms with E-state index in [2.05, 4.69) is 5.32 Å². The minimum atomic E-state index is -0.0490. The molecule has 1 fully saturated rings. The van der Waals surface area contributed by atoms with Gasteiger partial charge in [-0.25, -0.2) is 0 Å². The van der Waals surface area contributed by atoms with E-state index in [4.69, 9.17) is 23.8 Å². The third-order valence-electron chi connectivity index (χ3n) is 3.48. The number of anilines is 1. The van der Waals surface area contributed by atoms with Gasteiger partial charge in [-0.05, 0) is 48.5 Å². The molecule has 1 aliphatic heterocycles. The normalized spacial score (nSPS) is 14.5. The first-order valence-corrected chi connectivity index (χ1v) is 7.33. The van der Waals surface area contributed by atoms with Crippen LogP contribution in [0, 0.1) is 6.92 Å². The average molecular weight is 317 g/mol. The maximum Gasteiger partial charge on any atom is 0.252 e. The van der Waals surface area contributed by atoms with E-state index in [0.29, 0.717) is 10.1 Å². The van der Waals surface area contributed by atoms with Gasteiger partial charge in [0.15, 0.2) is 5.11 Å². The van der Waals surface area contributed by atoms with E-state index in [1.54, 1.807) is 4.90 Å². The number of halogens is 1. The number of amides is 1. The predicted octanol–water partition coefficient (Wildman–Crippen LogP) is 3.54. The molecule has 1 heterocycles. The molecule has 0 atom stereocenters. The van der Waals surface area contributed by atoms with Crippen molar-refractivity contribution in [3.8, 4) is 11.1 Å². The van der Waals surface area contributed by atoms with Gasteiger partial charge in [-0.2, -0.15) is 0 Å². The lowest BCUT2D eigenvalue weighted by atomic mass is 9.98. The summed E-state index contributed by atoms with van der Waals surface area (Å²) in [6.07, 6.45) is 0. The van der Waals surface area contributed by atoms with Crippen LogP contribution < -0.4 is 10.2 Å². The van der Waals surface area contributed by atoms with Crippen molar-refractivity contribution in [1.29, 1.82) is 0 Å². The number of benzene rings is 2. The summed E-state index contributed by atoms with van der Waals surface area (Å²) in [5.41, 5.74) is 3.82. The van der Waals surface area contributed by atoms with E-state index in [-0.39, 0.29) is 12.5 Å². The molecular formula is C16H13ClN2OS. The van der Waals surface area contributed by atoms with Crippen LogP contribution >= 0.6 is 23.8 Å². The summed E-state index contributed by atoms with van der Waals surface area (Å²) < 4.78 is 0. The molecule has 0 bridgehead atoms. The van der Waals surface area contributed by atoms with Gasteiger partial charge in [0.05, 0.1) is 12.2 Å². The van der Waals surface area contributed by atoms with Crippen molar-refractivity contribution in [2.75, 3.05) is 11.4 Å². The van der Waals surface area contributed by atoms with Gasteiger partial charge in [-0.3, -0.25) is 9.69 Å². The topological polar surface area (TPSA) is 32.3 Å². The third kappa shape index (κ3) is 2.52.